The second-order valence-electron chi connectivity index (χ2n) is 11.2. The Labute approximate surface area is 225 Å². The molecule has 0 aliphatic carbocycles. The van der Waals surface area contributed by atoms with Crippen LogP contribution >= 0.6 is 17.2 Å². The van der Waals surface area contributed by atoms with Crippen molar-refractivity contribution < 1.29 is 0 Å². The fourth-order valence-corrected chi connectivity index (χ4v) is 13.5. The zero-order chi connectivity index (χ0) is 25.7. The van der Waals surface area contributed by atoms with Gasteiger partial charge in [-0.25, -0.2) is 0 Å². The van der Waals surface area contributed by atoms with Crippen LogP contribution in [0.4, 0.5) is 0 Å². The molecule has 1 rings (SSSR count). The molecule has 2 heteroatoms. The number of benzene rings is 1. The molecule has 0 heterocycles. The Balaban J connectivity index is 3.08. The van der Waals surface area contributed by atoms with E-state index in [2.05, 4.69) is 63.8 Å². The average molecular weight is 523 g/mol. The predicted octanol–water partition coefficient (Wildman–Crippen LogP) is 12.7. The van der Waals surface area contributed by atoms with E-state index < -0.39 is 5.96 Å². The van der Waals surface area contributed by atoms with Crippen LogP contribution in [-0.4, -0.2) is 18.5 Å². The molecule has 0 spiro atoms. The zero-order valence-corrected chi connectivity index (χ0v) is 25.6. The maximum atomic E-state index is 8.28. The zero-order valence-electron chi connectivity index (χ0n) is 23.9. The van der Waals surface area contributed by atoms with E-state index in [0.717, 1.165) is 0 Å². The third-order valence-corrected chi connectivity index (χ3v) is 16.4. The van der Waals surface area contributed by atoms with Crippen LogP contribution in [0, 0.1) is 0 Å². The van der Waals surface area contributed by atoms with Crippen LogP contribution in [0.1, 0.15) is 148 Å². The monoisotopic (exact) mass is 522 g/mol. The normalized spacial score (nSPS) is 13.9. The number of hydrogen-bond acceptors (Lipinski definition) is 0. The van der Waals surface area contributed by atoms with Gasteiger partial charge in [-0.1, -0.05) is 0 Å². The van der Waals surface area contributed by atoms with Crippen LogP contribution in [0.15, 0.2) is 43.0 Å². The number of halogens is 1. The summed E-state index contributed by atoms with van der Waals surface area (Å²) in [4.78, 5) is 0. The second-order valence-corrected chi connectivity index (χ2v) is 19.2. The van der Waals surface area contributed by atoms with Crippen LogP contribution in [0.2, 0.25) is 0 Å². The molecule has 204 valence electrons. The molecule has 0 fully saturated rings. The van der Waals surface area contributed by atoms with Crippen LogP contribution in [0.25, 0.3) is 0 Å². The van der Waals surface area contributed by atoms with Crippen LogP contribution in [0.3, 0.4) is 0 Å². The van der Waals surface area contributed by atoms with Crippen molar-refractivity contribution in [1.82, 2.24) is 0 Å². The van der Waals surface area contributed by atoms with Crippen molar-refractivity contribution in [2.24, 2.45) is 0 Å². The van der Waals surface area contributed by atoms with Crippen molar-refractivity contribution in [1.29, 1.82) is 0 Å². The molecule has 1 aromatic rings. The number of rotatable bonds is 24. The Kier molecular flexibility index (Phi) is 18.5. The number of unbranched alkanes of at least 4 members (excludes halogenated alkanes) is 15. The van der Waals surface area contributed by atoms with Crippen LogP contribution < -0.4 is 0 Å². The molecule has 0 aliphatic rings. The topological polar surface area (TPSA) is 0 Å². The Morgan fingerprint density at radius 3 is 1.29 bits per heavy atom. The van der Waals surface area contributed by atoms with Crippen molar-refractivity contribution in [3.63, 3.8) is 0 Å². The van der Waals surface area contributed by atoms with E-state index in [1.54, 1.807) is 0 Å². The Morgan fingerprint density at radius 1 is 0.600 bits per heavy atom. The molecule has 0 aromatic heterocycles. The summed E-state index contributed by atoms with van der Waals surface area (Å²) in [6, 6.07) is 11.2. The van der Waals surface area contributed by atoms with Gasteiger partial charge in [0.25, 0.3) is 0 Å². The first-order chi connectivity index (χ1) is 17.0. The van der Waals surface area contributed by atoms with Crippen molar-refractivity contribution in [3.05, 3.63) is 48.6 Å². The third kappa shape index (κ3) is 12.7. The summed E-state index contributed by atoms with van der Waals surface area (Å²) < 4.78 is 0. The predicted molar refractivity (Wildman–Crippen MR) is 167 cm³/mol. The fraction of sp³-hybridized carbons (Fsp3) is 0.758. The Hall–Kier alpha value is -0.320. The fourth-order valence-electron chi connectivity index (χ4n) is 5.98. The van der Waals surface area contributed by atoms with Gasteiger partial charge < -0.3 is 0 Å². The average Bonchev–Trinajstić information content (AvgIpc) is 2.87. The van der Waals surface area contributed by atoms with Crippen LogP contribution in [0.5, 0.6) is 0 Å². The van der Waals surface area contributed by atoms with Crippen LogP contribution in [-0.2, 0) is 0 Å². The van der Waals surface area contributed by atoms with Gasteiger partial charge in [-0.15, -0.1) is 0 Å². The molecule has 0 nitrogen and oxygen atoms in total. The molecule has 35 heavy (non-hydrogen) atoms. The van der Waals surface area contributed by atoms with Gasteiger partial charge in [0.05, 0.1) is 0 Å². The molecular formula is C33H60ClP. The summed E-state index contributed by atoms with van der Waals surface area (Å²) in [5, 5.41) is 0. The Morgan fingerprint density at radius 2 is 0.943 bits per heavy atom. The summed E-state index contributed by atoms with van der Waals surface area (Å²) in [5.41, 5.74) is 1.75. The van der Waals surface area contributed by atoms with Gasteiger partial charge in [-0.2, -0.15) is 0 Å². The van der Waals surface area contributed by atoms with E-state index in [1.165, 1.54) is 140 Å². The molecule has 0 saturated carbocycles. The summed E-state index contributed by atoms with van der Waals surface area (Å²) in [7, 11) is 0. The number of allylic oxidation sites excluding steroid dienone is 1. The second kappa shape index (κ2) is 19.7. The molecule has 1 aromatic carbocycles. The number of hydrogen-bond donors (Lipinski definition) is 0. The molecule has 0 aliphatic heterocycles. The van der Waals surface area contributed by atoms with E-state index in [1.807, 2.05) is 0 Å². The summed E-state index contributed by atoms with van der Waals surface area (Å²) in [6.45, 7) is 11.3. The Bertz CT molecular complexity index is 582. The van der Waals surface area contributed by atoms with Gasteiger partial charge in [-0.3, -0.25) is 0 Å². The first-order valence-electron chi connectivity index (χ1n) is 15.4. The van der Waals surface area contributed by atoms with Gasteiger partial charge in [0, 0.05) is 0 Å². The van der Waals surface area contributed by atoms with Gasteiger partial charge in [-0.05, 0) is 0 Å². The van der Waals surface area contributed by atoms with Gasteiger partial charge in [0.15, 0.2) is 0 Å². The first kappa shape index (κ1) is 32.7. The summed E-state index contributed by atoms with van der Waals surface area (Å²) in [5.74, 6) is -2.53. The van der Waals surface area contributed by atoms with E-state index in [-0.39, 0.29) is 0 Å². The van der Waals surface area contributed by atoms with E-state index in [9.17, 15) is 0 Å². The van der Waals surface area contributed by atoms with Crippen molar-refractivity contribution >= 4 is 17.2 Å². The summed E-state index contributed by atoms with van der Waals surface area (Å²) in [6.07, 6.45) is 30.3. The van der Waals surface area contributed by atoms with Crippen molar-refractivity contribution in [2.45, 2.75) is 142 Å². The molecular weight excluding hydrogens is 463 g/mol. The third-order valence-electron chi connectivity index (χ3n) is 8.18. The van der Waals surface area contributed by atoms with Gasteiger partial charge in [0.2, 0.25) is 0 Å². The van der Waals surface area contributed by atoms with Crippen molar-refractivity contribution in [3.8, 4) is 0 Å². The molecule has 0 N–H and O–H groups in total. The SMILES string of the molecule is C=CC(c1ccccc1)P(Cl)(CCCCCCCC)(CCCCCCCC)CCCCCCCC. The van der Waals surface area contributed by atoms with Crippen molar-refractivity contribution in [2.75, 3.05) is 18.5 Å². The standard InChI is InChI=1S/C33H60ClP/c1-5-9-12-15-18-24-29-35(34,30-25-19-16-13-10-6-2,31-26-20-17-14-11-7-3)33(8-4)32-27-22-21-23-28-32/h8,21-23,27-28,33H,4-7,9-20,24-26,29-31H2,1-3H3. The minimum atomic E-state index is -2.53. The molecule has 1 unspecified atom stereocenters. The minimum absolute atomic E-state index is 0.339. The quantitative estimate of drug-likeness (QED) is 0.0718. The summed E-state index contributed by atoms with van der Waals surface area (Å²) >= 11 is 8.28. The van der Waals surface area contributed by atoms with Gasteiger partial charge in [0.1, 0.15) is 0 Å². The first-order valence-corrected chi connectivity index (χ1v) is 19.2. The molecule has 0 bridgehead atoms. The van der Waals surface area contributed by atoms with Gasteiger partial charge >= 0.3 is 226 Å². The molecule has 0 amide bonds. The maximum absolute atomic E-state index is 8.28. The molecule has 1 atom stereocenters. The molecule has 0 radical (unpaired) electrons. The van der Waals surface area contributed by atoms with E-state index in [0.29, 0.717) is 5.66 Å². The molecule has 0 saturated heterocycles. The van der Waals surface area contributed by atoms with E-state index >= 15 is 0 Å². The van der Waals surface area contributed by atoms with E-state index in [4.69, 9.17) is 11.2 Å².